The van der Waals surface area contributed by atoms with E-state index in [2.05, 4.69) is 6.92 Å². The maximum Gasteiger partial charge on any atom is 0.245 e. The van der Waals surface area contributed by atoms with Crippen LogP contribution in [0.3, 0.4) is 0 Å². The highest BCUT2D eigenvalue weighted by molar-refractivity contribution is 6.03. The van der Waals surface area contributed by atoms with Crippen LogP contribution in [0.1, 0.15) is 38.2 Å². The average molecular weight is 288 g/mol. The number of unbranched alkanes of at least 4 members (excludes halogenated alkanes) is 1. The highest BCUT2D eigenvalue weighted by atomic mass is 16.2. The molecular formula is C17H24N2O2. The van der Waals surface area contributed by atoms with Gasteiger partial charge in [0.25, 0.3) is 0 Å². The number of likely N-dealkylation sites (N-methyl/N-ethyl adjacent to an activating group) is 1. The summed E-state index contributed by atoms with van der Waals surface area (Å²) in [5, 5.41) is 0. The van der Waals surface area contributed by atoms with Crippen LogP contribution in [0.15, 0.2) is 24.3 Å². The van der Waals surface area contributed by atoms with Crippen molar-refractivity contribution in [1.82, 2.24) is 4.90 Å². The molecule has 0 saturated carbocycles. The van der Waals surface area contributed by atoms with Gasteiger partial charge in [0, 0.05) is 25.7 Å². The maximum atomic E-state index is 12.6. The molecule has 1 heterocycles. The summed E-state index contributed by atoms with van der Waals surface area (Å²) in [6, 6.07) is 7.45. The summed E-state index contributed by atoms with van der Waals surface area (Å²) in [4.78, 5) is 28.2. The van der Waals surface area contributed by atoms with E-state index in [9.17, 15) is 9.59 Å². The molecule has 2 rings (SSSR count). The van der Waals surface area contributed by atoms with Gasteiger partial charge in [0.15, 0.2) is 0 Å². The van der Waals surface area contributed by atoms with E-state index in [4.69, 9.17) is 0 Å². The molecule has 2 amide bonds. The zero-order chi connectivity index (χ0) is 15.4. The van der Waals surface area contributed by atoms with Crippen molar-refractivity contribution in [2.24, 2.45) is 0 Å². The van der Waals surface area contributed by atoms with Crippen LogP contribution in [0.4, 0.5) is 5.69 Å². The van der Waals surface area contributed by atoms with Crippen molar-refractivity contribution < 1.29 is 9.59 Å². The first-order valence-electron chi connectivity index (χ1n) is 7.68. The number of carbonyl (C=O) groups is 2. The summed E-state index contributed by atoms with van der Waals surface area (Å²) in [7, 11) is 1.83. The van der Waals surface area contributed by atoms with E-state index in [0.717, 1.165) is 30.6 Å². The van der Waals surface area contributed by atoms with Crippen molar-refractivity contribution in [3.63, 3.8) is 0 Å². The molecule has 1 aliphatic heterocycles. The Bertz CT molecular complexity index is 510. The summed E-state index contributed by atoms with van der Waals surface area (Å²) in [6.45, 7) is 4.87. The predicted molar refractivity (Wildman–Crippen MR) is 84.2 cm³/mol. The highest BCUT2D eigenvalue weighted by Crippen LogP contribution is 2.28. The van der Waals surface area contributed by atoms with Crippen LogP contribution in [0, 0.1) is 6.92 Å². The second kappa shape index (κ2) is 6.74. The van der Waals surface area contributed by atoms with Crippen molar-refractivity contribution in [3.8, 4) is 0 Å². The Morgan fingerprint density at radius 2 is 2.00 bits per heavy atom. The fourth-order valence-corrected chi connectivity index (χ4v) is 2.71. The molecule has 21 heavy (non-hydrogen) atoms. The molecule has 1 aromatic carbocycles. The van der Waals surface area contributed by atoms with Crippen LogP contribution in [0.5, 0.6) is 0 Å². The monoisotopic (exact) mass is 288 g/mol. The summed E-state index contributed by atoms with van der Waals surface area (Å²) < 4.78 is 0. The largest absolute Gasteiger partial charge is 0.344 e. The Balaban J connectivity index is 2.16. The fourth-order valence-electron chi connectivity index (χ4n) is 2.71. The van der Waals surface area contributed by atoms with Gasteiger partial charge < -0.3 is 4.90 Å². The maximum absolute atomic E-state index is 12.6. The van der Waals surface area contributed by atoms with E-state index < -0.39 is 0 Å². The Kier molecular flexibility index (Phi) is 4.99. The van der Waals surface area contributed by atoms with Crippen LogP contribution in [-0.2, 0) is 9.59 Å². The summed E-state index contributed by atoms with van der Waals surface area (Å²) in [6.07, 6.45) is 3.12. The van der Waals surface area contributed by atoms with Gasteiger partial charge in [-0.15, -0.1) is 0 Å². The van der Waals surface area contributed by atoms with Gasteiger partial charge >= 0.3 is 0 Å². The summed E-state index contributed by atoms with van der Waals surface area (Å²) in [5.74, 6) is 0.0935. The van der Waals surface area contributed by atoms with Crippen molar-refractivity contribution in [3.05, 3.63) is 29.8 Å². The van der Waals surface area contributed by atoms with Gasteiger partial charge in [-0.3, -0.25) is 14.5 Å². The first kappa shape index (κ1) is 15.5. The number of carbonyl (C=O) groups excluding carboxylic acids is 2. The van der Waals surface area contributed by atoms with Gasteiger partial charge in [-0.25, -0.2) is 0 Å². The number of anilines is 1. The number of nitrogens with zero attached hydrogens (tertiary/aromatic N) is 2. The lowest BCUT2D eigenvalue weighted by Crippen LogP contribution is -2.45. The number of aryl methyl sites for hydroxylation is 1. The highest BCUT2D eigenvalue weighted by Gasteiger charge is 2.38. The zero-order valence-corrected chi connectivity index (χ0v) is 13.1. The minimum atomic E-state index is -0.345. The van der Waals surface area contributed by atoms with Gasteiger partial charge in [-0.05, 0) is 31.9 Å². The molecule has 114 valence electrons. The molecule has 1 fully saturated rings. The SMILES string of the molecule is CCCCN(C)C(=O)C1CCC(=O)N1c1ccc(C)cc1. The molecule has 1 unspecified atom stereocenters. The zero-order valence-electron chi connectivity index (χ0n) is 13.1. The molecule has 1 saturated heterocycles. The van der Waals surface area contributed by atoms with Crippen LogP contribution in [0.2, 0.25) is 0 Å². The third kappa shape index (κ3) is 3.43. The van der Waals surface area contributed by atoms with E-state index in [1.165, 1.54) is 0 Å². The van der Waals surface area contributed by atoms with Crippen molar-refractivity contribution in [1.29, 1.82) is 0 Å². The van der Waals surface area contributed by atoms with E-state index in [-0.39, 0.29) is 17.9 Å². The number of benzene rings is 1. The molecule has 1 aliphatic rings. The predicted octanol–water partition coefficient (Wildman–Crippen LogP) is 2.75. The van der Waals surface area contributed by atoms with Gasteiger partial charge in [0.05, 0.1) is 0 Å². The van der Waals surface area contributed by atoms with Crippen molar-refractivity contribution in [2.75, 3.05) is 18.5 Å². The third-order valence-electron chi connectivity index (χ3n) is 4.03. The van der Waals surface area contributed by atoms with Gasteiger partial charge in [0.2, 0.25) is 11.8 Å². The topological polar surface area (TPSA) is 40.6 Å². The molecule has 0 bridgehead atoms. The van der Waals surface area contributed by atoms with Gasteiger partial charge in [-0.1, -0.05) is 31.0 Å². The van der Waals surface area contributed by atoms with Crippen LogP contribution < -0.4 is 4.90 Å². The van der Waals surface area contributed by atoms with Crippen molar-refractivity contribution in [2.45, 2.75) is 45.6 Å². The second-order valence-corrected chi connectivity index (χ2v) is 5.77. The molecule has 0 aromatic heterocycles. The van der Waals surface area contributed by atoms with E-state index in [1.807, 2.05) is 38.2 Å². The second-order valence-electron chi connectivity index (χ2n) is 5.77. The smallest absolute Gasteiger partial charge is 0.245 e. The van der Waals surface area contributed by atoms with Crippen LogP contribution in [0.25, 0.3) is 0 Å². The number of rotatable bonds is 5. The number of amides is 2. The molecule has 1 atom stereocenters. The number of hydrogen-bond acceptors (Lipinski definition) is 2. The third-order valence-corrected chi connectivity index (χ3v) is 4.03. The van der Waals surface area contributed by atoms with Gasteiger partial charge in [0.1, 0.15) is 6.04 Å². The van der Waals surface area contributed by atoms with Crippen molar-refractivity contribution >= 4 is 17.5 Å². The van der Waals surface area contributed by atoms with E-state index in [0.29, 0.717) is 12.8 Å². The standard InChI is InChI=1S/C17H24N2O2/c1-4-5-12-18(3)17(21)15-10-11-16(20)19(15)14-8-6-13(2)7-9-14/h6-9,15H,4-5,10-12H2,1-3H3. The molecule has 0 N–H and O–H groups in total. The first-order chi connectivity index (χ1) is 10.0. The van der Waals surface area contributed by atoms with Gasteiger partial charge in [-0.2, -0.15) is 0 Å². The lowest BCUT2D eigenvalue weighted by Gasteiger charge is -2.28. The Morgan fingerprint density at radius 1 is 1.33 bits per heavy atom. The molecule has 0 aliphatic carbocycles. The summed E-state index contributed by atoms with van der Waals surface area (Å²) in [5.41, 5.74) is 1.97. The Hall–Kier alpha value is -1.84. The van der Waals surface area contributed by atoms with Crippen LogP contribution >= 0.6 is 0 Å². The molecular weight excluding hydrogens is 264 g/mol. The quantitative estimate of drug-likeness (QED) is 0.836. The van der Waals surface area contributed by atoms with E-state index >= 15 is 0 Å². The molecule has 4 heteroatoms. The summed E-state index contributed by atoms with van der Waals surface area (Å²) >= 11 is 0. The molecule has 0 spiro atoms. The fraction of sp³-hybridized carbons (Fsp3) is 0.529. The molecule has 4 nitrogen and oxygen atoms in total. The lowest BCUT2D eigenvalue weighted by molar-refractivity contribution is -0.131. The molecule has 0 radical (unpaired) electrons. The normalized spacial score (nSPS) is 18.1. The average Bonchev–Trinajstić information content (AvgIpc) is 2.86. The first-order valence-corrected chi connectivity index (χ1v) is 7.68. The minimum absolute atomic E-state index is 0.0427. The number of hydrogen-bond donors (Lipinski definition) is 0. The Labute approximate surface area is 126 Å². The van der Waals surface area contributed by atoms with Crippen LogP contribution in [-0.4, -0.2) is 36.3 Å². The molecule has 1 aromatic rings. The Morgan fingerprint density at radius 3 is 2.62 bits per heavy atom. The van der Waals surface area contributed by atoms with E-state index in [1.54, 1.807) is 9.80 Å². The minimum Gasteiger partial charge on any atom is -0.344 e. The lowest BCUT2D eigenvalue weighted by atomic mass is 10.1.